The van der Waals surface area contributed by atoms with Crippen LogP contribution in [-0.4, -0.2) is 28.6 Å². The average Bonchev–Trinajstić information content (AvgIpc) is 2.82. The molecule has 2 unspecified atom stereocenters. The highest BCUT2D eigenvalue weighted by atomic mass is 28.4. The molecule has 21 heavy (non-hydrogen) atoms. The highest BCUT2D eigenvalue weighted by Gasteiger charge is 2.53. The fourth-order valence-corrected chi connectivity index (χ4v) is 4.68. The van der Waals surface area contributed by atoms with Gasteiger partial charge in [-0.1, -0.05) is 12.2 Å². The maximum Gasteiger partial charge on any atom is 0.297 e. The van der Waals surface area contributed by atoms with Crippen molar-refractivity contribution < 1.29 is 18.4 Å². The van der Waals surface area contributed by atoms with Crippen LogP contribution in [0.3, 0.4) is 0 Å². The molecule has 1 saturated carbocycles. The van der Waals surface area contributed by atoms with Gasteiger partial charge in [-0.15, -0.1) is 0 Å². The van der Waals surface area contributed by atoms with Gasteiger partial charge in [0.05, 0.1) is 11.8 Å². The molecule has 2 bridgehead atoms. The molecule has 118 valence electrons. The molecule has 0 amide bonds. The Morgan fingerprint density at radius 2 is 1.14 bits per heavy atom. The first-order valence-corrected chi connectivity index (χ1v) is 14.4. The molecule has 0 aromatic rings. The average molecular weight is 327 g/mol. The largest absolute Gasteiger partial charge is 0.520 e. The van der Waals surface area contributed by atoms with E-state index in [0.29, 0.717) is 0 Å². The first-order chi connectivity index (χ1) is 9.48. The van der Waals surface area contributed by atoms with E-state index in [1.165, 1.54) is 0 Å². The van der Waals surface area contributed by atoms with Gasteiger partial charge in [0.15, 0.2) is 0 Å². The predicted molar refractivity (Wildman–Crippen MR) is 86.6 cm³/mol. The lowest BCUT2D eigenvalue weighted by Gasteiger charge is -2.30. The van der Waals surface area contributed by atoms with Crippen molar-refractivity contribution in [2.75, 3.05) is 0 Å². The van der Waals surface area contributed by atoms with Gasteiger partial charge in [-0.3, -0.25) is 9.59 Å². The highest BCUT2D eigenvalue weighted by Crippen LogP contribution is 2.49. The molecule has 0 N–H and O–H groups in total. The van der Waals surface area contributed by atoms with Crippen LogP contribution in [0, 0.1) is 23.7 Å². The topological polar surface area (TPSA) is 52.6 Å². The lowest BCUT2D eigenvalue weighted by atomic mass is 9.83. The Bertz CT molecular complexity index is 431. The molecule has 0 saturated heterocycles. The van der Waals surface area contributed by atoms with E-state index in [-0.39, 0.29) is 35.6 Å². The smallest absolute Gasteiger partial charge is 0.297 e. The molecule has 2 aliphatic carbocycles. The van der Waals surface area contributed by atoms with Crippen LogP contribution in [0.2, 0.25) is 39.3 Å². The second-order valence-electron chi connectivity index (χ2n) is 8.07. The van der Waals surface area contributed by atoms with Crippen molar-refractivity contribution in [3.8, 4) is 0 Å². The molecule has 0 spiro atoms. The summed E-state index contributed by atoms with van der Waals surface area (Å²) in [4.78, 5) is 25.0. The van der Waals surface area contributed by atoms with Crippen LogP contribution in [0.1, 0.15) is 6.42 Å². The van der Waals surface area contributed by atoms with Crippen LogP contribution in [0.5, 0.6) is 0 Å². The summed E-state index contributed by atoms with van der Waals surface area (Å²) in [7, 11) is -3.89. The minimum Gasteiger partial charge on any atom is -0.520 e. The molecule has 0 aliphatic heterocycles. The van der Waals surface area contributed by atoms with Crippen LogP contribution in [0.25, 0.3) is 0 Å². The maximum absolute atomic E-state index is 12.5. The quantitative estimate of drug-likeness (QED) is 0.588. The van der Waals surface area contributed by atoms with Crippen molar-refractivity contribution in [3.05, 3.63) is 12.2 Å². The lowest BCUT2D eigenvalue weighted by Crippen LogP contribution is -2.42. The number of carbonyl (C=O) groups is 2. The fourth-order valence-electron chi connectivity index (χ4n) is 3.20. The SMILES string of the molecule is C[Si](C)(C)OC(=O)[C@H]1C2C=CC(C2)[C@@H]1C(=O)O[Si](C)(C)C. The van der Waals surface area contributed by atoms with E-state index in [1.54, 1.807) is 0 Å². The number of carbonyl (C=O) groups excluding carboxylic acids is 2. The molecular weight excluding hydrogens is 300 g/mol. The summed E-state index contributed by atoms with van der Waals surface area (Å²) in [6, 6.07) is 0. The van der Waals surface area contributed by atoms with E-state index in [9.17, 15) is 9.59 Å². The van der Waals surface area contributed by atoms with Gasteiger partial charge in [0.1, 0.15) is 0 Å². The minimum atomic E-state index is -1.94. The first-order valence-electron chi connectivity index (χ1n) is 7.62. The van der Waals surface area contributed by atoms with Crippen molar-refractivity contribution in [2.24, 2.45) is 23.7 Å². The van der Waals surface area contributed by atoms with Crippen molar-refractivity contribution in [3.63, 3.8) is 0 Å². The maximum atomic E-state index is 12.5. The number of allylic oxidation sites excluding steroid dienone is 2. The summed E-state index contributed by atoms with van der Waals surface area (Å²) >= 11 is 0. The molecule has 4 nitrogen and oxygen atoms in total. The second kappa shape index (κ2) is 5.39. The summed E-state index contributed by atoms with van der Waals surface area (Å²) in [5.74, 6) is -0.839. The van der Waals surface area contributed by atoms with Gasteiger partial charge in [0, 0.05) is 0 Å². The third kappa shape index (κ3) is 3.85. The third-order valence-electron chi connectivity index (χ3n) is 3.82. The first kappa shape index (κ1) is 16.5. The van der Waals surface area contributed by atoms with Crippen LogP contribution in [0.4, 0.5) is 0 Å². The lowest BCUT2D eigenvalue weighted by molar-refractivity contribution is -0.151. The van der Waals surface area contributed by atoms with E-state index in [1.807, 2.05) is 39.3 Å². The molecule has 0 heterocycles. The second-order valence-corrected chi connectivity index (χ2v) is 16.9. The summed E-state index contributed by atoms with van der Waals surface area (Å²) in [6.07, 6.45) is 5.01. The summed E-state index contributed by atoms with van der Waals surface area (Å²) < 4.78 is 11.3. The molecule has 0 radical (unpaired) electrons. The zero-order valence-electron chi connectivity index (χ0n) is 13.8. The Kier molecular flexibility index (Phi) is 4.23. The van der Waals surface area contributed by atoms with Gasteiger partial charge in [-0.2, -0.15) is 0 Å². The van der Waals surface area contributed by atoms with Crippen LogP contribution < -0.4 is 0 Å². The van der Waals surface area contributed by atoms with Gasteiger partial charge >= 0.3 is 0 Å². The monoisotopic (exact) mass is 326 g/mol. The number of hydrogen-bond acceptors (Lipinski definition) is 4. The van der Waals surface area contributed by atoms with Crippen molar-refractivity contribution in [1.82, 2.24) is 0 Å². The Hall–Kier alpha value is -0.886. The van der Waals surface area contributed by atoms with Crippen LogP contribution in [0.15, 0.2) is 12.2 Å². The Morgan fingerprint density at radius 1 is 0.810 bits per heavy atom. The fraction of sp³-hybridized carbons (Fsp3) is 0.733. The summed E-state index contributed by atoms with van der Waals surface area (Å²) in [5.41, 5.74) is 0. The molecular formula is C15H26O4Si2. The van der Waals surface area contributed by atoms with Crippen LogP contribution in [-0.2, 0) is 18.4 Å². The number of fused-ring (bicyclic) bond motifs is 2. The van der Waals surface area contributed by atoms with Crippen LogP contribution >= 0.6 is 0 Å². The van der Waals surface area contributed by atoms with E-state index < -0.39 is 16.6 Å². The standard InChI is InChI=1S/C15H26O4Si2/c1-20(2,3)18-14(16)12-10-7-8-11(9-10)13(12)15(17)19-21(4,5)6/h7-8,10-13H,9H2,1-6H3/t10?,11?,12-,13-/m0/s1. The zero-order valence-corrected chi connectivity index (χ0v) is 15.8. The van der Waals surface area contributed by atoms with Gasteiger partial charge in [-0.05, 0) is 57.5 Å². The number of hydrogen-bond donors (Lipinski definition) is 0. The molecule has 2 rings (SSSR count). The van der Waals surface area contributed by atoms with Gasteiger partial charge < -0.3 is 8.85 Å². The molecule has 6 heteroatoms. The van der Waals surface area contributed by atoms with E-state index in [0.717, 1.165) is 6.42 Å². The van der Waals surface area contributed by atoms with Crippen molar-refractivity contribution in [1.29, 1.82) is 0 Å². The molecule has 4 atom stereocenters. The molecule has 1 fully saturated rings. The minimum absolute atomic E-state index is 0.137. The third-order valence-corrected chi connectivity index (χ3v) is 5.44. The molecule has 2 aliphatic rings. The normalized spacial score (nSPS) is 31.3. The molecule has 0 aromatic heterocycles. The van der Waals surface area contributed by atoms with E-state index in [4.69, 9.17) is 8.85 Å². The zero-order chi connectivity index (χ0) is 16.0. The Labute approximate surface area is 129 Å². The predicted octanol–water partition coefficient (Wildman–Crippen LogP) is 3.18. The van der Waals surface area contributed by atoms with E-state index in [2.05, 4.69) is 12.2 Å². The van der Waals surface area contributed by atoms with Gasteiger partial charge in [-0.25, -0.2) is 0 Å². The van der Waals surface area contributed by atoms with Crippen molar-refractivity contribution >= 4 is 28.6 Å². The van der Waals surface area contributed by atoms with E-state index >= 15 is 0 Å². The van der Waals surface area contributed by atoms with Gasteiger partial charge in [0.2, 0.25) is 16.6 Å². The number of rotatable bonds is 4. The molecule has 0 aromatic carbocycles. The van der Waals surface area contributed by atoms with Gasteiger partial charge in [0.25, 0.3) is 11.9 Å². The summed E-state index contributed by atoms with van der Waals surface area (Å²) in [5, 5.41) is 0. The van der Waals surface area contributed by atoms with Crippen molar-refractivity contribution in [2.45, 2.75) is 45.7 Å². The Balaban J connectivity index is 2.17. The highest BCUT2D eigenvalue weighted by molar-refractivity contribution is 6.71. The summed E-state index contributed by atoms with van der Waals surface area (Å²) in [6.45, 7) is 11.9. The Morgan fingerprint density at radius 3 is 1.43 bits per heavy atom.